The van der Waals surface area contributed by atoms with Gasteiger partial charge in [-0.1, -0.05) is 42.8 Å². The molecule has 1 atom stereocenters. The van der Waals surface area contributed by atoms with E-state index in [1.54, 1.807) is 0 Å². The van der Waals surface area contributed by atoms with E-state index in [1.165, 1.54) is 0 Å². The van der Waals surface area contributed by atoms with Crippen LogP contribution in [0.25, 0.3) is 0 Å². The highest BCUT2D eigenvalue weighted by Gasteiger charge is 2.24. The van der Waals surface area contributed by atoms with Gasteiger partial charge in [0.1, 0.15) is 0 Å². The molecule has 0 saturated heterocycles. The lowest BCUT2D eigenvalue weighted by molar-refractivity contribution is -0.115. The highest BCUT2D eigenvalue weighted by molar-refractivity contribution is 9.10. The van der Waals surface area contributed by atoms with Gasteiger partial charge in [0.25, 0.3) is 0 Å². The molecule has 1 heterocycles. The zero-order valence-electron chi connectivity index (χ0n) is 10.8. The molecule has 1 aromatic carbocycles. The van der Waals surface area contributed by atoms with E-state index in [-0.39, 0.29) is 16.7 Å². The van der Waals surface area contributed by atoms with Crippen molar-refractivity contribution < 1.29 is 4.79 Å². The van der Waals surface area contributed by atoms with Crippen LogP contribution >= 0.6 is 27.5 Å². The molecule has 2 rings (SSSR count). The fourth-order valence-corrected chi connectivity index (χ4v) is 3.55. The summed E-state index contributed by atoms with van der Waals surface area (Å²) in [6.07, 6.45) is 1.35. The smallest absolute Gasteiger partial charge is 0.228 e. The summed E-state index contributed by atoms with van der Waals surface area (Å²) >= 11 is 10.0. The molecule has 1 amide bonds. The average Bonchev–Trinajstić information content (AvgIpc) is 2.53. The van der Waals surface area contributed by atoms with Crippen molar-refractivity contribution in [2.75, 3.05) is 5.32 Å². The highest BCUT2D eigenvalue weighted by atomic mass is 79.9. The summed E-state index contributed by atoms with van der Waals surface area (Å²) in [5.41, 5.74) is 3.19. The Hall–Kier alpha value is -0.540. The van der Waals surface area contributed by atoms with Crippen LogP contribution in [0.2, 0.25) is 0 Å². The zero-order valence-corrected chi connectivity index (χ0v) is 13.2. The molecule has 0 radical (unpaired) electrons. The fourth-order valence-electron chi connectivity index (χ4n) is 2.15. The maximum absolute atomic E-state index is 11.4. The topological polar surface area (TPSA) is 29.1 Å². The van der Waals surface area contributed by atoms with Crippen LogP contribution in [0.1, 0.15) is 43.7 Å². The van der Waals surface area contributed by atoms with Gasteiger partial charge in [-0.05, 0) is 29.0 Å². The Kier molecular flexibility index (Phi) is 3.75. The van der Waals surface area contributed by atoms with E-state index in [9.17, 15) is 4.79 Å². The third-order valence-corrected chi connectivity index (χ3v) is 4.05. The second kappa shape index (κ2) is 4.86. The minimum atomic E-state index is -0.0413. The molecule has 0 fully saturated rings. The number of nitrogens with one attached hydrogen (secondary N) is 1. The van der Waals surface area contributed by atoms with Crippen molar-refractivity contribution in [2.24, 2.45) is 5.41 Å². The molecule has 0 spiro atoms. The Balaban J connectivity index is 2.30. The van der Waals surface area contributed by atoms with Gasteiger partial charge in [-0.15, -0.1) is 11.6 Å². The molecule has 1 N–H and O–H groups in total. The molecule has 1 aromatic rings. The summed E-state index contributed by atoms with van der Waals surface area (Å²) in [6, 6.07) is 3.99. The van der Waals surface area contributed by atoms with Gasteiger partial charge >= 0.3 is 0 Å². The molecule has 98 valence electrons. The molecule has 1 aliphatic heterocycles. The van der Waals surface area contributed by atoms with E-state index >= 15 is 0 Å². The molecule has 1 unspecified atom stereocenters. The van der Waals surface area contributed by atoms with Crippen LogP contribution in [-0.2, 0) is 11.2 Å². The van der Waals surface area contributed by atoms with Gasteiger partial charge in [-0.3, -0.25) is 4.79 Å². The Labute approximate surface area is 121 Å². The van der Waals surface area contributed by atoms with Crippen molar-refractivity contribution in [3.63, 3.8) is 0 Å². The first-order valence-electron chi connectivity index (χ1n) is 6.02. The molecule has 4 heteroatoms. The number of carbonyl (C=O) groups excluding carboxylic acids is 1. The molecule has 0 bridgehead atoms. The average molecular weight is 331 g/mol. The number of fused-ring (bicyclic) bond motifs is 1. The summed E-state index contributed by atoms with van der Waals surface area (Å²) in [6.45, 7) is 6.53. The fraction of sp³-hybridized carbons (Fsp3) is 0.500. The summed E-state index contributed by atoms with van der Waals surface area (Å²) < 4.78 is 0.965. The molecule has 18 heavy (non-hydrogen) atoms. The number of rotatable bonds is 2. The largest absolute Gasteiger partial charge is 0.325 e. The Bertz CT molecular complexity index is 493. The molecular formula is C14H17BrClNO. The SMILES string of the molecule is CC(C)(C)CC(Cl)c1cc2c(cc1Br)NC(=O)C2. The van der Waals surface area contributed by atoms with E-state index in [0.29, 0.717) is 6.42 Å². The van der Waals surface area contributed by atoms with Gasteiger partial charge in [0, 0.05) is 10.2 Å². The minimum absolute atomic E-state index is 0.0413. The predicted molar refractivity (Wildman–Crippen MR) is 79.1 cm³/mol. The summed E-state index contributed by atoms with van der Waals surface area (Å²) in [5, 5.41) is 2.80. The quantitative estimate of drug-likeness (QED) is 0.785. The first kappa shape index (κ1) is 13.9. The standard InChI is InChI=1S/C14H17BrClNO/c1-14(2,3)7-11(16)9-4-8-5-13(18)17-12(8)6-10(9)15/h4,6,11H,5,7H2,1-3H3,(H,17,18). The Morgan fingerprint density at radius 1 is 1.44 bits per heavy atom. The van der Waals surface area contributed by atoms with Crippen molar-refractivity contribution in [3.8, 4) is 0 Å². The number of anilines is 1. The van der Waals surface area contributed by atoms with E-state index in [0.717, 1.165) is 27.7 Å². The first-order valence-corrected chi connectivity index (χ1v) is 7.25. The maximum Gasteiger partial charge on any atom is 0.228 e. The number of alkyl halides is 1. The van der Waals surface area contributed by atoms with E-state index in [1.807, 2.05) is 12.1 Å². The summed E-state index contributed by atoms with van der Waals surface area (Å²) in [5.74, 6) is 0.0518. The van der Waals surface area contributed by atoms with E-state index in [4.69, 9.17) is 11.6 Å². The van der Waals surface area contributed by atoms with Gasteiger partial charge in [0.05, 0.1) is 11.8 Å². The highest BCUT2D eigenvalue weighted by Crippen LogP contribution is 2.40. The van der Waals surface area contributed by atoms with Crippen molar-refractivity contribution >= 4 is 39.1 Å². The first-order chi connectivity index (χ1) is 8.26. The third kappa shape index (κ3) is 3.07. The van der Waals surface area contributed by atoms with Crippen LogP contribution < -0.4 is 5.32 Å². The van der Waals surface area contributed by atoms with Gasteiger partial charge in [-0.25, -0.2) is 0 Å². The van der Waals surface area contributed by atoms with Gasteiger partial charge < -0.3 is 5.32 Å². The second-order valence-electron chi connectivity index (χ2n) is 5.99. The van der Waals surface area contributed by atoms with Gasteiger partial charge in [0.15, 0.2) is 0 Å². The Morgan fingerprint density at radius 2 is 2.11 bits per heavy atom. The second-order valence-corrected chi connectivity index (χ2v) is 7.37. The molecule has 0 saturated carbocycles. The van der Waals surface area contributed by atoms with E-state index < -0.39 is 0 Å². The van der Waals surface area contributed by atoms with Gasteiger partial charge in [-0.2, -0.15) is 0 Å². The molecule has 1 aliphatic rings. The van der Waals surface area contributed by atoms with Crippen LogP contribution in [0.5, 0.6) is 0 Å². The maximum atomic E-state index is 11.4. The lowest BCUT2D eigenvalue weighted by Crippen LogP contribution is -2.09. The van der Waals surface area contributed by atoms with Crippen LogP contribution in [0.3, 0.4) is 0 Å². The van der Waals surface area contributed by atoms with Crippen molar-refractivity contribution in [2.45, 2.75) is 39.0 Å². The number of hydrogen-bond acceptors (Lipinski definition) is 1. The third-order valence-electron chi connectivity index (χ3n) is 2.98. The molecule has 0 aliphatic carbocycles. The summed E-state index contributed by atoms with van der Waals surface area (Å²) in [4.78, 5) is 11.4. The minimum Gasteiger partial charge on any atom is -0.325 e. The molecular weight excluding hydrogens is 314 g/mol. The van der Waals surface area contributed by atoms with Crippen LogP contribution in [0.4, 0.5) is 5.69 Å². The lowest BCUT2D eigenvalue weighted by Gasteiger charge is -2.23. The van der Waals surface area contributed by atoms with Crippen LogP contribution in [0, 0.1) is 5.41 Å². The van der Waals surface area contributed by atoms with Crippen molar-refractivity contribution in [3.05, 3.63) is 27.7 Å². The molecule has 2 nitrogen and oxygen atoms in total. The van der Waals surface area contributed by atoms with Crippen LogP contribution in [-0.4, -0.2) is 5.91 Å². The summed E-state index contributed by atoms with van der Waals surface area (Å²) in [7, 11) is 0. The number of carbonyl (C=O) groups is 1. The zero-order chi connectivity index (χ0) is 13.5. The predicted octanol–water partition coefficient (Wildman–Crippen LogP) is 4.66. The number of halogens is 2. The van der Waals surface area contributed by atoms with Crippen molar-refractivity contribution in [1.82, 2.24) is 0 Å². The Morgan fingerprint density at radius 3 is 2.72 bits per heavy atom. The monoisotopic (exact) mass is 329 g/mol. The number of amides is 1. The number of hydrogen-bond donors (Lipinski definition) is 1. The number of benzene rings is 1. The lowest BCUT2D eigenvalue weighted by atomic mass is 9.88. The van der Waals surface area contributed by atoms with Crippen molar-refractivity contribution in [1.29, 1.82) is 0 Å². The normalized spacial score (nSPS) is 16.4. The molecule has 0 aromatic heterocycles. The van der Waals surface area contributed by atoms with E-state index in [2.05, 4.69) is 42.0 Å². The van der Waals surface area contributed by atoms with Gasteiger partial charge in [0.2, 0.25) is 5.91 Å². The van der Waals surface area contributed by atoms with Crippen LogP contribution in [0.15, 0.2) is 16.6 Å².